The fourth-order valence-corrected chi connectivity index (χ4v) is 3.97. The van der Waals surface area contributed by atoms with Crippen LogP contribution in [0.2, 0.25) is 0 Å². The summed E-state index contributed by atoms with van der Waals surface area (Å²) in [5.41, 5.74) is 2.74. The van der Waals surface area contributed by atoms with Crippen LogP contribution < -0.4 is 5.32 Å². The molecule has 138 valence electrons. The number of benzene rings is 2. The summed E-state index contributed by atoms with van der Waals surface area (Å²) in [6, 6.07) is 19.2. The van der Waals surface area contributed by atoms with Crippen LogP contribution in [-0.2, 0) is 14.3 Å². The molecule has 4 heteroatoms. The summed E-state index contributed by atoms with van der Waals surface area (Å²) in [6.07, 6.45) is 4.55. The molecule has 4 nitrogen and oxygen atoms in total. The van der Waals surface area contributed by atoms with Crippen molar-refractivity contribution >= 4 is 23.0 Å². The number of esters is 1. The Balaban J connectivity index is 1.72. The fraction of sp³-hybridized carbons (Fsp3) is 0.304. The van der Waals surface area contributed by atoms with E-state index in [1.54, 1.807) is 0 Å². The largest absolute Gasteiger partial charge is 0.444 e. The molecule has 2 aliphatic rings. The third-order valence-electron chi connectivity index (χ3n) is 5.30. The predicted octanol–water partition coefficient (Wildman–Crippen LogP) is 3.97. The molecule has 0 spiro atoms. The quantitative estimate of drug-likeness (QED) is 0.839. The van der Waals surface area contributed by atoms with Gasteiger partial charge in [-0.15, -0.1) is 0 Å². The van der Waals surface area contributed by atoms with Crippen LogP contribution in [0.4, 0.5) is 0 Å². The second-order valence-electron chi connectivity index (χ2n) is 7.15. The van der Waals surface area contributed by atoms with Crippen molar-refractivity contribution in [1.29, 1.82) is 0 Å². The van der Waals surface area contributed by atoms with Gasteiger partial charge in [0.25, 0.3) is 5.91 Å². The van der Waals surface area contributed by atoms with Crippen LogP contribution in [0.25, 0.3) is 11.1 Å². The summed E-state index contributed by atoms with van der Waals surface area (Å²) in [7, 11) is 0. The molecule has 0 bridgehead atoms. The zero-order valence-electron chi connectivity index (χ0n) is 15.2. The molecule has 0 saturated heterocycles. The van der Waals surface area contributed by atoms with Crippen LogP contribution in [0.1, 0.15) is 43.2 Å². The number of amides is 1. The minimum Gasteiger partial charge on any atom is -0.444 e. The van der Waals surface area contributed by atoms with Crippen LogP contribution in [-0.4, -0.2) is 24.0 Å². The maximum atomic E-state index is 13.0. The molecule has 1 aliphatic carbocycles. The first-order valence-corrected chi connectivity index (χ1v) is 9.60. The highest BCUT2D eigenvalue weighted by atomic mass is 16.6. The molecule has 4 rings (SSSR count). The van der Waals surface area contributed by atoms with Crippen LogP contribution in [0, 0.1) is 0 Å². The highest BCUT2D eigenvalue weighted by Gasteiger charge is 2.40. The Hall–Kier alpha value is -2.88. The second kappa shape index (κ2) is 7.78. The van der Waals surface area contributed by atoms with E-state index in [1.807, 2.05) is 60.7 Å². The Kier molecular flexibility index (Phi) is 5.05. The number of ether oxygens (including phenoxy) is 1. The lowest BCUT2D eigenvalue weighted by Gasteiger charge is -2.24. The van der Waals surface area contributed by atoms with Crippen molar-refractivity contribution in [2.75, 3.05) is 0 Å². The first kappa shape index (κ1) is 17.5. The van der Waals surface area contributed by atoms with E-state index < -0.39 is 12.1 Å². The van der Waals surface area contributed by atoms with Gasteiger partial charge in [0.05, 0.1) is 5.57 Å². The molecule has 2 aromatic rings. The maximum absolute atomic E-state index is 13.0. The van der Waals surface area contributed by atoms with E-state index in [-0.39, 0.29) is 11.9 Å². The minimum absolute atomic E-state index is 0.169. The summed E-state index contributed by atoms with van der Waals surface area (Å²) in [5, 5.41) is 3.10. The summed E-state index contributed by atoms with van der Waals surface area (Å²) in [6.45, 7) is 0. The molecule has 2 aromatic carbocycles. The van der Waals surface area contributed by atoms with Gasteiger partial charge < -0.3 is 10.1 Å². The summed E-state index contributed by atoms with van der Waals surface area (Å²) >= 11 is 0. The number of hydrogen-bond donors (Lipinski definition) is 1. The van der Waals surface area contributed by atoms with Gasteiger partial charge in [-0.25, -0.2) is 4.79 Å². The van der Waals surface area contributed by atoms with Crippen molar-refractivity contribution in [3.8, 4) is 0 Å². The van der Waals surface area contributed by atoms with Gasteiger partial charge in [0, 0.05) is 11.6 Å². The predicted molar refractivity (Wildman–Crippen MR) is 105 cm³/mol. The Morgan fingerprint density at radius 2 is 1.44 bits per heavy atom. The van der Waals surface area contributed by atoms with Crippen molar-refractivity contribution < 1.29 is 14.3 Å². The number of rotatable bonds is 4. The minimum atomic E-state index is -0.906. The smallest absolute Gasteiger partial charge is 0.340 e. The molecule has 0 aromatic heterocycles. The average Bonchev–Trinajstić information content (AvgIpc) is 3.07. The van der Waals surface area contributed by atoms with Crippen LogP contribution >= 0.6 is 0 Å². The first-order valence-electron chi connectivity index (χ1n) is 9.60. The van der Waals surface area contributed by atoms with Gasteiger partial charge in [-0.05, 0) is 24.0 Å². The topological polar surface area (TPSA) is 55.4 Å². The first-order chi connectivity index (χ1) is 13.2. The van der Waals surface area contributed by atoms with Crippen LogP contribution in [0.3, 0.4) is 0 Å². The van der Waals surface area contributed by atoms with Crippen molar-refractivity contribution in [2.45, 2.75) is 44.2 Å². The molecule has 1 unspecified atom stereocenters. The zero-order chi connectivity index (χ0) is 18.6. The molecule has 1 fully saturated rings. The Morgan fingerprint density at radius 3 is 2.07 bits per heavy atom. The molecule has 1 saturated carbocycles. The highest BCUT2D eigenvalue weighted by molar-refractivity contribution is 6.30. The molecular formula is C23H23NO3. The lowest BCUT2D eigenvalue weighted by Crippen LogP contribution is -2.43. The number of nitrogens with one attached hydrogen (secondary N) is 1. The van der Waals surface area contributed by atoms with Crippen molar-refractivity contribution in [1.82, 2.24) is 5.32 Å². The molecule has 1 aliphatic heterocycles. The third-order valence-corrected chi connectivity index (χ3v) is 5.30. The van der Waals surface area contributed by atoms with E-state index in [1.165, 1.54) is 6.42 Å². The van der Waals surface area contributed by atoms with Crippen LogP contribution in [0.15, 0.2) is 60.7 Å². The molecular weight excluding hydrogens is 338 g/mol. The van der Waals surface area contributed by atoms with E-state index in [2.05, 4.69) is 5.32 Å². The Labute approximate surface area is 159 Å². The normalized spacial score (nSPS) is 20.4. The van der Waals surface area contributed by atoms with Gasteiger partial charge in [-0.3, -0.25) is 4.79 Å². The lowest BCUT2D eigenvalue weighted by molar-refractivity contribution is -0.145. The van der Waals surface area contributed by atoms with Gasteiger partial charge >= 0.3 is 5.97 Å². The van der Waals surface area contributed by atoms with E-state index in [0.29, 0.717) is 11.1 Å². The van der Waals surface area contributed by atoms with Gasteiger partial charge in [0.15, 0.2) is 0 Å². The Morgan fingerprint density at radius 1 is 0.852 bits per heavy atom. The standard InChI is InChI=1S/C23H23NO3/c25-22(24-18-14-8-3-9-15-18)21-19(16-10-4-1-5-11-16)20(23(26)27-21)17-12-6-2-7-13-17/h1-2,4-7,10-13,18,21H,3,8-9,14-15H2,(H,24,25). The van der Waals surface area contributed by atoms with Crippen molar-refractivity contribution in [2.24, 2.45) is 0 Å². The molecule has 1 N–H and O–H groups in total. The lowest BCUT2D eigenvalue weighted by atomic mass is 9.91. The molecule has 0 radical (unpaired) electrons. The monoisotopic (exact) mass is 361 g/mol. The SMILES string of the molecule is O=C1OC(C(=O)NC2CCCCC2)C(c2ccccc2)=C1c1ccccc1. The summed E-state index contributed by atoms with van der Waals surface area (Å²) in [4.78, 5) is 25.7. The summed E-state index contributed by atoms with van der Waals surface area (Å²) < 4.78 is 5.57. The zero-order valence-corrected chi connectivity index (χ0v) is 15.2. The number of cyclic esters (lactones) is 1. The van der Waals surface area contributed by atoms with E-state index in [0.717, 1.165) is 36.8 Å². The van der Waals surface area contributed by atoms with Gasteiger partial charge in [0.2, 0.25) is 6.10 Å². The van der Waals surface area contributed by atoms with Crippen molar-refractivity contribution in [3.05, 3.63) is 71.8 Å². The van der Waals surface area contributed by atoms with Crippen LogP contribution in [0.5, 0.6) is 0 Å². The highest BCUT2D eigenvalue weighted by Crippen LogP contribution is 2.37. The van der Waals surface area contributed by atoms with Gasteiger partial charge in [-0.2, -0.15) is 0 Å². The number of hydrogen-bond acceptors (Lipinski definition) is 3. The maximum Gasteiger partial charge on any atom is 0.340 e. The molecule has 1 atom stereocenters. The summed E-state index contributed by atoms with van der Waals surface area (Å²) in [5.74, 6) is -0.663. The average molecular weight is 361 g/mol. The third kappa shape index (κ3) is 3.65. The fourth-order valence-electron chi connectivity index (χ4n) is 3.97. The van der Waals surface area contributed by atoms with Gasteiger partial charge in [-0.1, -0.05) is 79.9 Å². The Bertz CT molecular complexity index is 852. The van der Waals surface area contributed by atoms with Gasteiger partial charge in [0.1, 0.15) is 0 Å². The van der Waals surface area contributed by atoms with E-state index >= 15 is 0 Å². The second-order valence-corrected chi connectivity index (χ2v) is 7.15. The number of carbonyl (C=O) groups excluding carboxylic acids is 2. The van der Waals surface area contributed by atoms with Crippen molar-refractivity contribution in [3.63, 3.8) is 0 Å². The van der Waals surface area contributed by atoms with E-state index in [4.69, 9.17) is 4.74 Å². The number of carbonyl (C=O) groups is 2. The molecule has 1 heterocycles. The molecule has 1 amide bonds. The van der Waals surface area contributed by atoms with E-state index in [9.17, 15) is 9.59 Å². The molecule has 27 heavy (non-hydrogen) atoms.